The molecule has 0 N–H and O–H groups in total. The number of benzene rings is 1. The molecule has 0 aromatic heterocycles. The minimum absolute atomic E-state index is 0.848. The van der Waals surface area contributed by atoms with Gasteiger partial charge in [0.2, 0.25) is 0 Å². The minimum atomic E-state index is -2.32. The molecule has 0 radical (unpaired) electrons. The van der Waals surface area contributed by atoms with Crippen LogP contribution >= 0.6 is 0 Å². The average molecular weight is 369 g/mol. The Morgan fingerprint density at radius 1 is 0.842 bits per heavy atom. The summed E-state index contributed by atoms with van der Waals surface area (Å²) in [6.07, 6.45) is 5.27. The van der Waals surface area contributed by atoms with E-state index in [2.05, 4.69) is 51.1 Å². The molecule has 0 saturated carbocycles. The van der Waals surface area contributed by atoms with E-state index in [1.54, 1.807) is 0 Å². The summed E-state index contributed by atoms with van der Waals surface area (Å²) in [5.74, 6) is 0. The fraction of sp³-hybridized carbons (Fsp3) is 0.647. The first-order valence-corrected chi connectivity index (χ1v) is 15.2. The van der Waals surface area contributed by atoms with Crippen LogP contribution in [0.4, 0.5) is 0 Å². The molecule has 0 fully saturated rings. The first kappa shape index (κ1) is 17.0. The topological polar surface area (TPSA) is 9.23 Å². The zero-order chi connectivity index (χ0) is 14.0. The predicted octanol–water partition coefficient (Wildman–Crippen LogP) is 5.77. The zero-order valence-corrected chi connectivity index (χ0v) is 15.8. The van der Waals surface area contributed by atoms with Gasteiger partial charge in [0.05, 0.1) is 0 Å². The van der Waals surface area contributed by atoms with Gasteiger partial charge in [0.15, 0.2) is 0 Å². The van der Waals surface area contributed by atoms with Crippen LogP contribution in [0.2, 0.25) is 13.3 Å². The maximum absolute atomic E-state index is 6.61. The van der Waals surface area contributed by atoms with Crippen molar-refractivity contribution in [3.8, 4) is 0 Å². The third-order valence-corrected chi connectivity index (χ3v) is 17.6. The summed E-state index contributed by atoms with van der Waals surface area (Å²) in [5.41, 5.74) is 1.34. The van der Waals surface area contributed by atoms with E-state index in [0.29, 0.717) is 0 Å². The van der Waals surface area contributed by atoms with Crippen molar-refractivity contribution in [1.29, 1.82) is 0 Å². The Morgan fingerprint density at radius 3 is 2.00 bits per heavy atom. The Bertz CT molecular complexity index is 317. The Hall–Kier alpha value is -0.0213. The molecular weight excluding hydrogens is 339 g/mol. The molecule has 0 heterocycles. The third-order valence-electron chi connectivity index (χ3n) is 3.79. The number of unbranched alkanes of at least 4 members (excludes halogenated alkanes) is 1. The summed E-state index contributed by atoms with van der Waals surface area (Å²) in [6.45, 7) is 7.78. The van der Waals surface area contributed by atoms with Crippen molar-refractivity contribution in [1.82, 2.24) is 0 Å². The maximum atomic E-state index is 6.61. The van der Waals surface area contributed by atoms with Crippen LogP contribution < -0.4 is 0 Å². The van der Waals surface area contributed by atoms with Gasteiger partial charge in [-0.2, -0.15) is 0 Å². The van der Waals surface area contributed by atoms with E-state index < -0.39 is 18.8 Å². The second kappa shape index (κ2) is 9.82. The molecule has 0 unspecified atom stereocenters. The zero-order valence-electron chi connectivity index (χ0n) is 13.0. The van der Waals surface area contributed by atoms with Gasteiger partial charge in [-0.1, -0.05) is 0 Å². The summed E-state index contributed by atoms with van der Waals surface area (Å²) in [4.78, 5) is 0. The summed E-state index contributed by atoms with van der Waals surface area (Å²) in [6, 6.07) is 10.7. The molecule has 0 spiro atoms. The summed E-state index contributed by atoms with van der Waals surface area (Å²) in [5, 5.41) is 0. The van der Waals surface area contributed by atoms with Crippen molar-refractivity contribution in [3.63, 3.8) is 0 Å². The van der Waals surface area contributed by atoms with Gasteiger partial charge in [0.25, 0.3) is 0 Å². The van der Waals surface area contributed by atoms with Crippen LogP contribution in [-0.2, 0) is 9.68 Å². The molecule has 0 amide bonds. The molecule has 1 rings (SSSR count). The quantitative estimate of drug-likeness (QED) is 0.476. The summed E-state index contributed by atoms with van der Waals surface area (Å²) < 4.78 is 10.8. The molecule has 0 saturated heterocycles. The Kier molecular flexibility index (Phi) is 8.80. The van der Waals surface area contributed by atoms with Crippen LogP contribution in [0.25, 0.3) is 0 Å². The van der Waals surface area contributed by atoms with Gasteiger partial charge < -0.3 is 0 Å². The molecular formula is C17H30OSn. The van der Waals surface area contributed by atoms with Gasteiger partial charge >= 0.3 is 124 Å². The predicted molar refractivity (Wildman–Crippen MR) is 86.9 cm³/mol. The van der Waals surface area contributed by atoms with Crippen molar-refractivity contribution in [3.05, 3.63) is 35.9 Å². The SMILES string of the molecule is CCC[CH2][Sn]([CH2]CC)([CH2]CC)[O]Cc1ccccc1. The third kappa shape index (κ3) is 6.31. The van der Waals surface area contributed by atoms with Gasteiger partial charge in [-0.05, 0) is 0 Å². The Morgan fingerprint density at radius 2 is 1.47 bits per heavy atom. The fourth-order valence-corrected chi connectivity index (χ4v) is 15.6. The molecule has 19 heavy (non-hydrogen) atoms. The molecule has 1 nitrogen and oxygen atoms in total. The molecule has 108 valence electrons. The second-order valence-electron chi connectivity index (χ2n) is 5.56. The molecule has 2 heteroatoms. The molecule has 0 aliphatic carbocycles. The summed E-state index contributed by atoms with van der Waals surface area (Å²) in [7, 11) is 0. The van der Waals surface area contributed by atoms with Crippen molar-refractivity contribution in [2.24, 2.45) is 0 Å². The summed E-state index contributed by atoms with van der Waals surface area (Å²) >= 11 is -2.32. The molecule has 0 aliphatic rings. The molecule has 0 atom stereocenters. The van der Waals surface area contributed by atoms with Gasteiger partial charge in [-0.15, -0.1) is 0 Å². The molecule has 1 aromatic rings. The van der Waals surface area contributed by atoms with Crippen LogP contribution in [0.5, 0.6) is 0 Å². The van der Waals surface area contributed by atoms with Gasteiger partial charge in [0, 0.05) is 0 Å². The second-order valence-corrected chi connectivity index (χ2v) is 17.4. The van der Waals surface area contributed by atoms with Crippen molar-refractivity contribution in [2.75, 3.05) is 0 Å². The van der Waals surface area contributed by atoms with E-state index >= 15 is 0 Å². The van der Waals surface area contributed by atoms with E-state index in [0.717, 1.165) is 6.61 Å². The normalized spacial score (nSPS) is 11.7. The Balaban J connectivity index is 2.65. The average Bonchev–Trinajstić information content (AvgIpc) is 2.45. The fourth-order valence-electron chi connectivity index (χ4n) is 2.81. The van der Waals surface area contributed by atoms with E-state index in [1.165, 1.54) is 44.6 Å². The van der Waals surface area contributed by atoms with Gasteiger partial charge in [0.1, 0.15) is 0 Å². The van der Waals surface area contributed by atoms with Gasteiger partial charge in [-0.3, -0.25) is 0 Å². The van der Waals surface area contributed by atoms with E-state index in [-0.39, 0.29) is 0 Å². The van der Waals surface area contributed by atoms with Crippen LogP contribution in [0, 0.1) is 0 Å². The molecule has 1 aromatic carbocycles. The Labute approximate surface area is 124 Å². The van der Waals surface area contributed by atoms with Crippen LogP contribution in [0.15, 0.2) is 30.3 Å². The van der Waals surface area contributed by atoms with Crippen molar-refractivity contribution >= 4 is 18.8 Å². The molecule has 0 bridgehead atoms. The number of hydrogen-bond acceptors (Lipinski definition) is 1. The van der Waals surface area contributed by atoms with Crippen molar-refractivity contribution < 1.29 is 3.07 Å². The van der Waals surface area contributed by atoms with Crippen LogP contribution in [0.3, 0.4) is 0 Å². The monoisotopic (exact) mass is 370 g/mol. The number of hydrogen-bond donors (Lipinski definition) is 0. The first-order chi connectivity index (χ1) is 9.26. The van der Waals surface area contributed by atoms with E-state index in [4.69, 9.17) is 3.07 Å². The van der Waals surface area contributed by atoms with Crippen LogP contribution in [0.1, 0.15) is 52.0 Å². The first-order valence-electron chi connectivity index (χ1n) is 7.94. The number of rotatable bonds is 10. The molecule has 0 aliphatic heterocycles. The van der Waals surface area contributed by atoms with Crippen molar-refractivity contribution in [2.45, 2.75) is 66.4 Å². The van der Waals surface area contributed by atoms with E-state index in [9.17, 15) is 0 Å². The standard InChI is InChI=1S/C7H7O.C4H9.2C3H7.Sn/c8-6-7-4-2-1-3-5-7;1-3-4-2;2*1-3-2;/h1-5H,6H2;1,3-4H2,2H3;2*1,3H2,2H3;/q-1;;;;+1. The van der Waals surface area contributed by atoms with E-state index in [1.807, 2.05) is 0 Å². The van der Waals surface area contributed by atoms with Gasteiger partial charge in [-0.25, -0.2) is 0 Å². The van der Waals surface area contributed by atoms with Crippen LogP contribution in [-0.4, -0.2) is 18.8 Å².